The number of carbonyl (C=O) groups is 4. The number of esters is 1. The maximum absolute atomic E-state index is 13.0. The molecule has 0 saturated carbocycles. The van der Waals surface area contributed by atoms with Crippen LogP contribution in [-0.4, -0.2) is 30.2 Å². The fourth-order valence-electron chi connectivity index (χ4n) is 3.38. The van der Waals surface area contributed by atoms with Crippen LogP contribution in [0, 0.1) is 10.5 Å². The van der Waals surface area contributed by atoms with Gasteiger partial charge in [0.15, 0.2) is 12.4 Å². The van der Waals surface area contributed by atoms with E-state index >= 15 is 0 Å². The second-order valence-electron chi connectivity index (χ2n) is 7.00. The van der Waals surface area contributed by atoms with Crippen molar-refractivity contribution in [3.8, 4) is 0 Å². The average Bonchev–Trinajstić information content (AvgIpc) is 3.02. The van der Waals surface area contributed by atoms with Gasteiger partial charge in [0.05, 0.1) is 22.4 Å². The molecule has 2 amide bonds. The maximum Gasteiger partial charge on any atom is 0.338 e. The van der Waals surface area contributed by atoms with E-state index in [9.17, 15) is 19.2 Å². The van der Waals surface area contributed by atoms with Gasteiger partial charge in [-0.15, -0.1) is 0 Å². The Labute approximate surface area is 192 Å². The van der Waals surface area contributed by atoms with Gasteiger partial charge in [0.25, 0.3) is 11.8 Å². The highest BCUT2D eigenvalue weighted by Crippen LogP contribution is 2.32. The van der Waals surface area contributed by atoms with Crippen molar-refractivity contribution in [3.05, 3.63) is 98.1 Å². The lowest BCUT2D eigenvalue weighted by molar-refractivity contribution is 0.0474. The third-order valence-electron chi connectivity index (χ3n) is 4.95. The molecule has 7 heteroatoms. The lowest BCUT2D eigenvalue weighted by Crippen LogP contribution is -2.30. The molecular formula is C24H16INO5. The SMILES string of the molecule is Cc1cc(I)ccc1N1C(=O)c2ccc(C(=O)OCC(=O)c3ccccc3)cc2C1=O. The summed E-state index contributed by atoms with van der Waals surface area (Å²) in [5.74, 6) is -2.01. The molecule has 6 nitrogen and oxygen atoms in total. The van der Waals surface area contributed by atoms with Crippen molar-refractivity contribution in [1.29, 1.82) is 0 Å². The van der Waals surface area contributed by atoms with Crippen molar-refractivity contribution in [2.45, 2.75) is 6.92 Å². The number of aryl methyl sites for hydroxylation is 1. The van der Waals surface area contributed by atoms with E-state index in [-0.39, 0.29) is 22.5 Å². The number of ether oxygens (including phenoxy) is 1. The number of fused-ring (bicyclic) bond motifs is 1. The fourth-order valence-corrected chi connectivity index (χ4v) is 4.03. The lowest BCUT2D eigenvalue weighted by atomic mass is 10.1. The molecule has 3 aromatic carbocycles. The number of nitrogens with zero attached hydrogens (tertiary/aromatic N) is 1. The van der Waals surface area contributed by atoms with Gasteiger partial charge < -0.3 is 4.74 Å². The maximum atomic E-state index is 13.0. The van der Waals surface area contributed by atoms with E-state index in [1.54, 1.807) is 36.4 Å². The van der Waals surface area contributed by atoms with E-state index in [1.165, 1.54) is 18.2 Å². The number of anilines is 1. The average molecular weight is 525 g/mol. The Morgan fingerprint density at radius 1 is 0.871 bits per heavy atom. The minimum absolute atomic E-state index is 0.0990. The van der Waals surface area contributed by atoms with Gasteiger partial charge in [0.1, 0.15) is 0 Å². The van der Waals surface area contributed by atoms with Crippen LogP contribution in [0.4, 0.5) is 5.69 Å². The monoisotopic (exact) mass is 525 g/mol. The summed E-state index contributed by atoms with van der Waals surface area (Å²) in [6.07, 6.45) is 0. The van der Waals surface area contributed by atoms with E-state index < -0.39 is 24.4 Å². The lowest BCUT2D eigenvalue weighted by Gasteiger charge is -2.16. The molecule has 4 rings (SSSR count). The highest BCUT2D eigenvalue weighted by molar-refractivity contribution is 14.1. The molecule has 0 radical (unpaired) electrons. The Morgan fingerprint density at radius 3 is 2.29 bits per heavy atom. The first kappa shape index (κ1) is 20.9. The predicted molar refractivity (Wildman–Crippen MR) is 123 cm³/mol. The Hall–Kier alpha value is -3.33. The normalized spacial score (nSPS) is 12.6. The quantitative estimate of drug-likeness (QED) is 0.213. The number of amides is 2. The van der Waals surface area contributed by atoms with Gasteiger partial charge in [-0.25, -0.2) is 9.69 Å². The van der Waals surface area contributed by atoms with Crippen LogP contribution in [0.5, 0.6) is 0 Å². The Kier molecular flexibility index (Phi) is 5.69. The summed E-state index contributed by atoms with van der Waals surface area (Å²) in [6.45, 7) is 1.41. The Bertz CT molecular complexity index is 1240. The van der Waals surface area contributed by atoms with Crippen LogP contribution in [-0.2, 0) is 4.74 Å². The molecule has 154 valence electrons. The largest absolute Gasteiger partial charge is 0.454 e. The van der Waals surface area contributed by atoms with E-state index in [4.69, 9.17) is 4.74 Å². The predicted octanol–water partition coefficient (Wildman–Crippen LogP) is 4.44. The molecule has 0 atom stereocenters. The van der Waals surface area contributed by atoms with Gasteiger partial charge >= 0.3 is 5.97 Å². The number of ketones is 1. The summed E-state index contributed by atoms with van der Waals surface area (Å²) in [7, 11) is 0. The number of benzene rings is 3. The summed E-state index contributed by atoms with van der Waals surface area (Å²) >= 11 is 2.16. The Balaban J connectivity index is 1.54. The van der Waals surface area contributed by atoms with Gasteiger partial charge in [-0.2, -0.15) is 0 Å². The van der Waals surface area contributed by atoms with Gasteiger partial charge in [-0.05, 0) is 71.5 Å². The molecule has 31 heavy (non-hydrogen) atoms. The molecule has 0 spiro atoms. The van der Waals surface area contributed by atoms with E-state index in [2.05, 4.69) is 22.6 Å². The summed E-state index contributed by atoms with van der Waals surface area (Å²) in [5.41, 5.74) is 2.19. The van der Waals surface area contributed by atoms with Crippen LogP contribution in [0.1, 0.15) is 47.0 Å². The number of rotatable bonds is 5. The van der Waals surface area contributed by atoms with E-state index in [0.29, 0.717) is 11.3 Å². The number of imide groups is 1. The molecule has 3 aromatic rings. The van der Waals surface area contributed by atoms with Gasteiger partial charge in [0.2, 0.25) is 0 Å². The van der Waals surface area contributed by atoms with Gasteiger partial charge in [0, 0.05) is 9.13 Å². The third-order valence-corrected chi connectivity index (χ3v) is 5.62. The smallest absolute Gasteiger partial charge is 0.338 e. The van der Waals surface area contributed by atoms with Crippen molar-refractivity contribution >= 4 is 51.8 Å². The number of Topliss-reactive ketones (excluding diaryl/α,β-unsaturated/α-hetero) is 1. The molecule has 0 saturated heterocycles. The van der Waals surface area contributed by atoms with Crippen LogP contribution >= 0.6 is 22.6 Å². The zero-order valence-electron chi connectivity index (χ0n) is 16.4. The first-order valence-electron chi connectivity index (χ1n) is 9.41. The molecular weight excluding hydrogens is 509 g/mol. The molecule has 0 aliphatic carbocycles. The summed E-state index contributed by atoms with van der Waals surface area (Å²) < 4.78 is 6.10. The minimum atomic E-state index is -0.740. The zero-order chi connectivity index (χ0) is 22.1. The number of hydrogen-bond donors (Lipinski definition) is 0. The number of carbonyl (C=O) groups excluding carboxylic acids is 4. The van der Waals surface area contributed by atoms with Crippen LogP contribution in [0.3, 0.4) is 0 Å². The van der Waals surface area contributed by atoms with Crippen molar-refractivity contribution in [2.24, 2.45) is 0 Å². The fraction of sp³-hybridized carbons (Fsp3) is 0.0833. The minimum Gasteiger partial charge on any atom is -0.454 e. The molecule has 0 fully saturated rings. The zero-order valence-corrected chi connectivity index (χ0v) is 18.6. The highest BCUT2D eigenvalue weighted by Gasteiger charge is 2.38. The molecule has 1 heterocycles. The molecule has 0 N–H and O–H groups in total. The Morgan fingerprint density at radius 2 is 1.58 bits per heavy atom. The number of halogens is 1. The second kappa shape index (κ2) is 8.43. The van der Waals surface area contributed by atoms with Gasteiger partial charge in [-0.1, -0.05) is 30.3 Å². The first-order chi connectivity index (χ1) is 14.9. The summed E-state index contributed by atoms with van der Waals surface area (Å²) in [6, 6.07) is 18.1. The molecule has 0 bridgehead atoms. The third kappa shape index (κ3) is 4.00. The van der Waals surface area contributed by atoms with Crippen LogP contribution in [0.15, 0.2) is 66.7 Å². The van der Waals surface area contributed by atoms with E-state index in [0.717, 1.165) is 14.0 Å². The first-order valence-corrected chi connectivity index (χ1v) is 10.5. The number of hydrogen-bond acceptors (Lipinski definition) is 5. The standard InChI is InChI=1S/C24H16INO5/c1-14-11-17(25)8-10-20(14)26-22(28)18-9-7-16(12-19(18)23(26)29)24(30)31-13-21(27)15-5-3-2-4-6-15/h2-12H,13H2,1H3. The molecule has 1 aliphatic heterocycles. The van der Waals surface area contributed by atoms with Crippen molar-refractivity contribution < 1.29 is 23.9 Å². The highest BCUT2D eigenvalue weighted by atomic mass is 127. The van der Waals surface area contributed by atoms with Crippen LogP contribution in [0.25, 0.3) is 0 Å². The van der Waals surface area contributed by atoms with Crippen molar-refractivity contribution in [2.75, 3.05) is 11.5 Å². The molecule has 0 unspecified atom stereocenters. The topological polar surface area (TPSA) is 80.8 Å². The second-order valence-corrected chi connectivity index (χ2v) is 8.25. The summed E-state index contributed by atoms with van der Waals surface area (Å²) in [5, 5.41) is 0. The van der Waals surface area contributed by atoms with Gasteiger partial charge in [-0.3, -0.25) is 14.4 Å². The van der Waals surface area contributed by atoms with Crippen LogP contribution < -0.4 is 4.90 Å². The molecule has 1 aliphatic rings. The van der Waals surface area contributed by atoms with Crippen molar-refractivity contribution in [3.63, 3.8) is 0 Å². The van der Waals surface area contributed by atoms with Crippen molar-refractivity contribution in [1.82, 2.24) is 0 Å². The summed E-state index contributed by atoms with van der Waals surface area (Å²) in [4.78, 5) is 51.5. The molecule has 0 aromatic heterocycles. The van der Waals surface area contributed by atoms with Crippen LogP contribution in [0.2, 0.25) is 0 Å². The van der Waals surface area contributed by atoms with E-state index in [1.807, 2.05) is 19.1 Å².